The minimum atomic E-state index is -0.315. The summed E-state index contributed by atoms with van der Waals surface area (Å²) in [5.41, 5.74) is 1.71. The Kier molecular flexibility index (Phi) is 3.83. The lowest BCUT2D eigenvalue weighted by atomic mass is 10.2. The largest absolute Gasteiger partial charge is 0.378 e. The molecule has 0 amide bonds. The van der Waals surface area contributed by atoms with Crippen LogP contribution in [0.5, 0.6) is 0 Å². The molecule has 5 rings (SSSR count). The number of aromatic nitrogens is 4. The van der Waals surface area contributed by atoms with Crippen LogP contribution in [0, 0.1) is 5.82 Å². The van der Waals surface area contributed by atoms with E-state index < -0.39 is 0 Å². The molecule has 1 aromatic carbocycles. The molecule has 1 fully saturated rings. The normalized spacial score (nSPS) is 14.8. The Bertz CT molecular complexity index is 1120. The molecule has 136 valence electrons. The molecule has 0 spiro atoms. The zero-order chi connectivity index (χ0) is 18.2. The number of rotatable bonds is 3. The first kappa shape index (κ1) is 16.0. The van der Waals surface area contributed by atoms with Crippen LogP contribution < -0.4 is 10.2 Å². The molecule has 27 heavy (non-hydrogen) atoms. The summed E-state index contributed by atoms with van der Waals surface area (Å²) in [5, 5.41) is 4.82. The van der Waals surface area contributed by atoms with Gasteiger partial charge in [-0.15, -0.1) is 0 Å². The SMILES string of the molecule is Fc1cc(Nc2nc(N3CCOCC3)nc3ncccc23)cc2cc[nH]c12. The zero-order valence-electron chi connectivity index (χ0n) is 14.4. The molecule has 0 aliphatic carbocycles. The van der Waals surface area contributed by atoms with Gasteiger partial charge in [0, 0.05) is 36.6 Å². The molecular formula is C19H17FN6O. The summed E-state index contributed by atoms with van der Waals surface area (Å²) in [6.45, 7) is 2.73. The van der Waals surface area contributed by atoms with Gasteiger partial charge in [-0.1, -0.05) is 0 Å². The minimum Gasteiger partial charge on any atom is -0.378 e. The van der Waals surface area contributed by atoms with Crippen molar-refractivity contribution in [3.8, 4) is 0 Å². The first-order valence-electron chi connectivity index (χ1n) is 8.77. The molecule has 0 unspecified atom stereocenters. The van der Waals surface area contributed by atoms with Crippen molar-refractivity contribution in [3.63, 3.8) is 0 Å². The van der Waals surface area contributed by atoms with Gasteiger partial charge in [0.2, 0.25) is 5.95 Å². The first-order chi connectivity index (χ1) is 13.3. The molecule has 4 heterocycles. The number of hydrogen-bond donors (Lipinski definition) is 2. The number of benzene rings is 1. The number of halogens is 1. The Morgan fingerprint density at radius 3 is 2.93 bits per heavy atom. The third kappa shape index (κ3) is 2.93. The molecule has 0 atom stereocenters. The van der Waals surface area contributed by atoms with Crippen LogP contribution >= 0.6 is 0 Å². The van der Waals surface area contributed by atoms with Gasteiger partial charge in [0.1, 0.15) is 11.6 Å². The molecule has 2 N–H and O–H groups in total. The average molecular weight is 364 g/mol. The lowest BCUT2D eigenvalue weighted by molar-refractivity contribution is 0.122. The maximum Gasteiger partial charge on any atom is 0.229 e. The van der Waals surface area contributed by atoms with E-state index in [2.05, 4.69) is 25.2 Å². The van der Waals surface area contributed by atoms with Crippen molar-refractivity contribution in [1.82, 2.24) is 19.9 Å². The van der Waals surface area contributed by atoms with Crippen LogP contribution in [0.1, 0.15) is 0 Å². The van der Waals surface area contributed by atoms with Crippen molar-refractivity contribution in [3.05, 3.63) is 48.5 Å². The van der Waals surface area contributed by atoms with Gasteiger partial charge in [-0.25, -0.2) is 9.37 Å². The van der Waals surface area contributed by atoms with Gasteiger partial charge >= 0.3 is 0 Å². The fourth-order valence-electron chi connectivity index (χ4n) is 3.29. The Labute approximate surface area is 154 Å². The number of morpholine rings is 1. The average Bonchev–Trinajstić information content (AvgIpc) is 3.18. The third-order valence-corrected chi connectivity index (χ3v) is 4.63. The number of nitrogens with one attached hydrogen (secondary N) is 2. The summed E-state index contributed by atoms with van der Waals surface area (Å²) < 4.78 is 19.7. The van der Waals surface area contributed by atoms with Crippen LogP contribution in [0.3, 0.4) is 0 Å². The highest BCUT2D eigenvalue weighted by molar-refractivity contribution is 5.91. The molecule has 8 heteroatoms. The highest BCUT2D eigenvalue weighted by atomic mass is 19.1. The van der Waals surface area contributed by atoms with Crippen LogP contribution in [0.2, 0.25) is 0 Å². The molecule has 3 aromatic heterocycles. The van der Waals surface area contributed by atoms with Crippen LogP contribution in [-0.2, 0) is 4.74 Å². The van der Waals surface area contributed by atoms with E-state index in [0.29, 0.717) is 41.8 Å². The molecular weight excluding hydrogens is 347 g/mol. The maximum absolute atomic E-state index is 14.3. The van der Waals surface area contributed by atoms with E-state index in [9.17, 15) is 4.39 Å². The van der Waals surface area contributed by atoms with Gasteiger partial charge in [0.25, 0.3) is 0 Å². The Hall–Kier alpha value is -3.26. The van der Waals surface area contributed by atoms with Gasteiger partial charge in [-0.05, 0) is 30.3 Å². The van der Waals surface area contributed by atoms with Gasteiger partial charge < -0.3 is 19.9 Å². The molecule has 7 nitrogen and oxygen atoms in total. The molecule has 0 radical (unpaired) electrons. The number of pyridine rings is 1. The molecule has 1 aliphatic heterocycles. The number of nitrogens with zero attached hydrogens (tertiary/aromatic N) is 4. The number of aromatic amines is 1. The minimum absolute atomic E-state index is 0.315. The van der Waals surface area contributed by atoms with E-state index >= 15 is 0 Å². The number of fused-ring (bicyclic) bond motifs is 2. The lowest BCUT2D eigenvalue weighted by Crippen LogP contribution is -2.37. The molecule has 0 saturated carbocycles. The van der Waals surface area contributed by atoms with E-state index in [1.165, 1.54) is 6.07 Å². The number of anilines is 3. The molecule has 4 aromatic rings. The van der Waals surface area contributed by atoms with Gasteiger partial charge in [-0.3, -0.25) is 0 Å². The van der Waals surface area contributed by atoms with E-state index in [-0.39, 0.29) is 5.82 Å². The summed E-state index contributed by atoms with van der Waals surface area (Å²) >= 11 is 0. The van der Waals surface area contributed by atoms with E-state index in [4.69, 9.17) is 9.72 Å². The quantitative estimate of drug-likeness (QED) is 0.581. The fraction of sp³-hybridized carbons (Fsp3) is 0.211. The van der Waals surface area contributed by atoms with Crippen LogP contribution in [0.15, 0.2) is 42.7 Å². The Morgan fingerprint density at radius 1 is 1.15 bits per heavy atom. The molecule has 1 saturated heterocycles. The van der Waals surface area contributed by atoms with Crippen LogP contribution in [0.4, 0.5) is 21.8 Å². The zero-order valence-corrected chi connectivity index (χ0v) is 14.4. The number of hydrogen-bond acceptors (Lipinski definition) is 6. The van der Waals surface area contributed by atoms with Crippen molar-refractivity contribution in [1.29, 1.82) is 0 Å². The monoisotopic (exact) mass is 364 g/mol. The third-order valence-electron chi connectivity index (χ3n) is 4.63. The summed E-state index contributed by atoms with van der Waals surface area (Å²) in [6, 6.07) is 8.91. The van der Waals surface area contributed by atoms with Crippen molar-refractivity contribution in [2.45, 2.75) is 0 Å². The second-order valence-corrected chi connectivity index (χ2v) is 6.37. The molecule has 1 aliphatic rings. The fourth-order valence-corrected chi connectivity index (χ4v) is 3.29. The number of ether oxygens (including phenoxy) is 1. The Morgan fingerprint density at radius 2 is 2.04 bits per heavy atom. The second kappa shape index (κ2) is 6.48. The van der Waals surface area contributed by atoms with E-state index in [0.717, 1.165) is 23.9 Å². The topological polar surface area (TPSA) is 79.0 Å². The molecule has 0 bridgehead atoms. The second-order valence-electron chi connectivity index (χ2n) is 6.37. The standard InChI is InChI=1S/C19H17FN6O/c20-15-11-13(10-12-3-5-21-16(12)15)23-18-14-2-1-4-22-17(14)24-19(25-18)26-6-8-27-9-7-26/h1-5,10-11,21H,6-9H2,(H,22,23,24,25). The van der Waals surface area contributed by atoms with E-state index in [1.54, 1.807) is 12.4 Å². The van der Waals surface area contributed by atoms with Crippen molar-refractivity contribution in [2.75, 3.05) is 36.5 Å². The van der Waals surface area contributed by atoms with Crippen molar-refractivity contribution < 1.29 is 9.13 Å². The highest BCUT2D eigenvalue weighted by Crippen LogP contribution is 2.28. The summed E-state index contributed by atoms with van der Waals surface area (Å²) in [6.07, 6.45) is 3.42. The van der Waals surface area contributed by atoms with E-state index in [1.807, 2.05) is 24.3 Å². The smallest absolute Gasteiger partial charge is 0.229 e. The van der Waals surface area contributed by atoms with Crippen molar-refractivity contribution in [2.24, 2.45) is 0 Å². The van der Waals surface area contributed by atoms with Gasteiger partial charge in [0.05, 0.1) is 24.1 Å². The van der Waals surface area contributed by atoms with Gasteiger partial charge in [0.15, 0.2) is 5.65 Å². The predicted molar refractivity (Wildman–Crippen MR) is 102 cm³/mol. The summed E-state index contributed by atoms with van der Waals surface area (Å²) in [4.78, 5) is 18.6. The van der Waals surface area contributed by atoms with Crippen molar-refractivity contribution >= 4 is 39.4 Å². The summed E-state index contributed by atoms with van der Waals surface area (Å²) in [7, 11) is 0. The summed E-state index contributed by atoms with van der Waals surface area (Å²) in [5.74, 6) is 0.879. The predicted octanol–water partition coefficient (Wildman–Crippen LogP) is 3.23. The maximum atomic E-state index is 14.3. The lowest BCUT2D eigenvalue weighted by Gasteiger charge is -2.27. The van der Waals surface area contributed by atoms with Crippen LogP contribution in [-0.4, -0.2) is 46.2 Å². The highest BCUT2D eigenvalue weighted by Gasteiger charge is 2.17. The van der Waals surface area contributed by atoms with Gasteiger partial charge in [-0.2, -0.15) is 9.97 Å². The van der Waals surface area contributed by atoms with Crippen LogP contribution in [0.25, 0.3) is 21.9 Å². The number of H-pyrrole nitrogens is 1. The first-order valence-corrected chi connectivity index (χ1v) is 8.77. The Balaban J connectivity index is 1.59.